The van der Waals surface area contributed by atoms with Crippen molar-refractivity contribution in [1.82, 2.24) is 0 Å². The third-order valence-corrected chi connectivity index (χ3v) is 2.69. The van der Waals surface area contributed by atoms with E-state index in [1.165, 1.54) is 16.7 Å². The average Bonchev–Trinajstić information content (AvgIpc) is 2.20. The molecular formula is C13H19NO. The highest BCUT2D eigenvalue weighted by Crippen LogP contribution is 2.11. The fourth-order valence-electron chi connectivity index (χ4n) is 1.53. The van der Waals surface area contributed by atoms with Crippen molar-refractivity contribution in [3.8, 4) is 0 Å². The number of carbonyl (C=O) groups is 1. The van der Waals surface area contributed by atoms with Crippen LogP contribution in [0.15, 0.2) is 18.2 Å². The predicted octanol–water partition coefficient (Wildman–Crippen LogP) is 2.15. The molecule has 0 atom stereocenters. The molecule has 1 rings (SSSR count). The number of aryl methyl sites for hydroxylation is 3. The molecule has 0 aliphatic heterocycles. The van der Waals surface area contributed by atoms with Gasteiger partial charge in [-0.05, 0) is 43.5 Å². The van der Waals surface area contributed by atoms with Crippen molar-refractivity contribution in [2.24, 2.45) is 5.73 Å². The molecular weight excluding hydrogens is 186 g/mol. The summed E-state index contributed by atoms with van der Waals surface area (Å²) in [6.45, 7) is 4.66. The summed E-state index contributed by atoms with van der Waals surface area (Å²) in [7, 11) is 0. The summed E-state index contributed by atoms with van der Waals surface area (Å²) in [6, 6.07) is 6.36. The van der Waals surface area contributed by atoms with E-state index in [4.69, 9.17) is 5.73 Å². The van der Waals surface area contributed by atoms with E-state index in [2.05, 4.69) is 32.0 Å². The van der Waals surface area contributed by atoms with Crippen LogP contribution in [0.25, 0.3) is 0 Å². The number of Topliss-reactive ketones (excluding diaryl/α,β-unsaturated/α-hetero) is 1. The molecule has 1 aromatic rings. The van der Waals surface area contributed by atoms with Gasteiger partial charge < -0.3 is 5.73 Å². The van der Waals surface area contributed by atoms with E-state index >= 15 is 0 Å². The second-order valence-corrected chi connectivity index (χ2v) is 4.00. The molecule has 0 radical (unpaired) electrons. The lowest BCUT2D eigenvalue weighted by atomic mass is 10.0. The van der Waals surface area contributed by atoms with Crippen molar-refractivity contribution in [2.75, 3.05) is 6.54 Å². The van der Waals surface area contributed by atoms with E-state index in [9.17, 15) is 4.79 Å². The number of rotatable bonds is 5. The van der Waals surface area contributed by atoms with Gasteiger partial charge in [0.1, 0.15) is 5.78 Å². The van der Waals surface area contributed by atoms with Crippen molar-refractivity contribution in [3.05, 3.63) is 34.9 Å². The van der Waals surface area contributed by atoms with Gasteiger partial charge in [-0.25, -0.2) is 0 Å². The lowest BCUT2D eigenvalue weighted by Gasteiger charge is -2.04. The Bertz CT molecular complexity index is 344. The number of ketones is 1. The highest BCUT2D eigenvalue weighted by molar-refractivity contribution is 5.78. The summed E-state index contributed by atoms with van der Waals surface area (Å²) < 4.78 is 0. The van der Waals surface area contributed by atoms with Crippen LogP contribution in [-0.4, -0.2) is 12.3 Å². The van der Waals surface area contributed by atoms with Gasteiger partial charge in [-0.3, -0.25) is 4.79 Å². The Morgan fingerprint density at radius 2 is 1.93 bits per heavy atom. The van der Waals surface area contributed by atoms with E-state index in [-0.39, 0.29) is 5.78 Å². The number of benzene rings is 1. The van der Waals surface area contributed by atoms with E-state index in [1.807, 2.05) is 0 Å². The maximum Gasteiger partial charge on any atom is 0.134 e. The summed E-state index contributed by atoms with van der Waals surface area (Å²) >= 11 is 0. The first-order valence-electron chi connectivity index (χ1n) is 5.41. The summed E-state index contributed by atoms with van der Waals surface area (Å²) in [5.41, 5.74) is 9.15. The largest absolute Gasteiger partial charge is 0.330 e. The minimum atomic E-state index is 0.260. The second-order valence-electron chi connectivity index (χ2n) is 4.00. The van der Waals surface area contributed by atoms with Crippen LogP contribution in [0.2, 0.25) is 0 Å². The van der Waals surface area contributed by atoms with Crippen LogP contribution in [0.4, 0.5) is 0 Å². The van der Waals surface area contributed by atoms with Gasteiger partial charge in [0.25, 0.3) is 0 Å². The molecule has 0 saturated carbocycles. The summed E-state index contributed by atoms with van der Waals surface area (Å²) in [5.74, 6) is 0.260. The predicted molar refractivity (Wildman–Crippen MR) is 62.9 cm³/mol. The van der Waals surface area contributed by atoms with Gasteiger partial charge in [0.2, 0.25) is 0 Å². The second kappa shape index (κ2) is 5.66. The Morgan fingerprint density at radius 3 is 2.53 bits per heavy atom. The quantitative estimate of drug-likeness (QED) is 0.800. The van der Waals surface area contributed by atoms with Crippen molar-refractivity contribution in [1.29, 1.82) is 0 Å². The van der Waals surface area contributed by atoms with Gasteiger partial charge >= 0.3 is 0 Å². The first-order valence-corrected chi connectivity index (χ1v) is 5.41. The molecule has 0 bridgehead atoms. The molecule has 0 aliphatic rings. The minimum absolute atomic E-state index is 0.260. The van der Waals surface area contributed by atoms with E-state index in [0.29, 0.717) is 19.4 Å². The van der Waals surface area contributed by atoms with Crippen LogP contribution in [0.3, 0.4) is 0 Å². The average molecular weight is 205 g/mol. The molecule has 0 amide bonds. The van der Waals surface area contributed by atoms with Crippen molar-refractivity contribution >= 4 is 5.78 Å². The molecule has 0 spiro atoms. The van der Waals surface area contributed by atoms with E-state index in [1.54, 1.807) is 0 Å². The van der Waals surface area contributed by atoms with Gasteiger partial charge in [0.15, 0.2) is 0 Å². The highest BCUT2D eigenvalue weighted by atomic mass is 16.1. The smallest absolute Gasteiger partial charge is 0.134 e. The Hall–Kier alpha value is -1.15. The summed E-state index contributed by atoms with van der Waals surface area (Å²) in [6.07, 6.45) is 1.95. The molecule has 82 valence electrons. The first-order chi connectivity index (χ1) is 7.13. The maximum absolute atomic E-state index is 11.3. The van der Waals surface area contributed by atoms with Crippen molar-refractivity contribution < 1.29 is 4.79 Å². The maximum atomic E-state index is 11.3. The molecule has 15 heavy (non-hydrogen) atoms. The molecule has 0 saturated heterocycles. The Labute approximate surface area is 91.5 Å². The lowest BCUT2D eigenvalue weighted by Crippen LogP contribution is -2.08. The number of carbonyl (C=O) groups excluding carboxylic acids is 1. The van der Waals surface area contributed by atoms with E-state index < -0.39 is 0 Å². The van der Waals surface area contributed by atoms with Gasteiger partial charge in [-0.1, -0.05) is 18.2 Å². The van der Waals surface area contributed by atoms with Crippen LogP contribution >= 0.6 is 0 Å². The first kappa shape index (κ1) is 11.9. The van der Waals surface area contributed by atoms with Crippen molar-refractivity contribution in [3.63, 3.8) is 0 Å². The molecule has 2 nitrogen and oxygen atoms in total. The molecule has 0 heterocycles. The zero-order chi connectivity index (χ0) is 11.3. The summed E-state index contributed by atoms with van der Waals surface area (Å²) in [4.78, 5) is 11.3. The topological polar surface area (TPSA) is 43.1 Å². The van der Waals surface area contributed by atoms with Gasteiger partial charge in [0, 0.05) is 12.8 Å². The lowest BCUT2D eigenvalue weighted by molar-refractivity contribution is -0.118. The zero-order valence-corrected chi connectivity index (χ0v) is 9.55. The van der Waals surface area contributed by atoms with Crippen LogP contribution in [0, 0.1) is 13.8 Å². The molecule has 1 aromatic carbocycles. The van der Waals surface area contributed by atoms with Gasteiger partial charge in [-0.15, -0.1) is 0 Å². The number of hydrogen-bond donors (Lipinski definition) is 1. The summed E-state index contributed by atoms with van der Waals surface area (Å²) in [5, 5.41) is 0. The molecule has 0 unspecified atom stereocenters. The molecule has 0 aromatic heterocycles. The van der Waals surface area contributed by atoms with E-state index in [0.717, 1.165) is 6.42 Å². The Morgan fingerprint density at radius 1 is 1.20 bits per heavy atom. The number of hydrogen-bond acceptors (Lipinski definition) is 2. The Balaban J connectivity index is 2.51. The highest BCUT2D eigenvalue weighted by Gasteiger charge is 2.02. The monoisotopic (exact) mass is 205 g/mol. The fraction of sp³-hybridized carbons (Fsp3) is 0.462. The van der Waals surface area contributed by atoms with Crippen LogP contribution in [-0.2, 0) is 11.2 Å². The van der Waals surface area contributed by atoms with Crippen molar-refractivity contribution in [2.45, 2.75) is 33.1 Å². The van der Waals surface area contributed by atoms with Crippen LogP contribution in [0.1, 0.15) is 29.5 Å². The molecule has 2 N–H and O–H groups in total. The normalized spacial score (nSPS) is 10.3. The molecule has 2 heteroatoms. The van der Waals surface area contributed by atoms with Crippen LogP contribution in [0.5, 0.6) is 0 Å². The third kappa shape index (κ3) is 3.84. The molecule has 0 aliphatic carbocycles. The SMILES string of the molecule is Cc1ccc(CCC(=O)CCN)cc1C. The minimum Gasteiger partial charge on any atom is -0.330 e. The Kier molecular flexibility index (Phi) is 4.50. The zero-order valence-electron chi connectivity index (χ0n) is 9.55. The third-order valence-electron chi connectivity index (χ3n) is 2.69. The molecule has 0 fully saturated rings. The fourth-order valence-corrected chi connectivity index (χ4v) is 1.53. The van der Waals surface area contributed by atoms with Gasteiger partial charge in [-0.2, -0.15) is 0 Å². The standard InChI is InChI=1S/C13H19NO/c1-10-3-4-12(9-11(10)2)5-6-13(15)7-8-14/h3-4,9H,5-8,14H2,1-2H3. The van der Waals surface area contributed by atoms with Gasteiger partial charge in [0.05, 0.1) is 0 Å². The van der Waals surface area contributed by atoms with Crippen LogP contribution < -0.4 is 5.73 Å². The number of nitrogens with two attached hydrogens (primary N) is 1.